The van der Waals surface area contributed by atoms with Crippen LogP contribution in [0, 0.1) is 17.1 Å². The molecular weight excluding hydrogens is 311 g/mol. The maximum atomic E-state index is 13.8. The first-order valence-corrected chi connectivity index (χ1v) is 7.97. The summed E-state index contributed by atoms with van der Waals surface area (Å²) in [5.74, 6) is 0.199. The summed E-state index contributed by atoms with van der Waals surface area (Å²) in [4.78, 5) is 4.12. The van der Waals surface area contributed by atoms with Gasteiger partial charge in [-0.2, -0.15) is 5.26 Å². The number of benzene rings is 1. The molecule has 7 heteroatoms. The average molecular weight is 334 g/mol. The Hall–Kier alpha value is -2.17. The summed E-state index contributed by atoms with van der Waals surface area (Å²) in [5.41, 5.74) is 0.848. The third-order valence-electron chi connectivity index (χ3n) is 3.70. The minimum atomic E-state index is -0.352. The van der Waals surface area contributed by atoms with Crippen molar-refractivity contribution in [3.63, 3.8) is 0 Å². The molecule has 0 radical (unpaired) electrons. The van der Waals surface area contributed by atoms with Crippen LogP contribution < -0.4 is 10.6 Å². The Morgan fingerprint density at radius 1 is 1.58 bits per heavy atom. The van der Waals surface area contributed by atoms with Crippen molar-refractivity contribution in [1.29, 1.82) is 5.26 Å². The molecule has 130 valence electrons. The van der Waals surface area contributed by atoms with Crippen LogP contribution in [-0.4, -0.2) is 45.0 Å². The predicted octanol–water partition coefficient (Wildman–Crippen LogP) is 1.56. The van der Waals surface area contributed by atoms with Gasteiger partial charge in [-0.3, -0.25) is 4.99 Å². The molecular formula is C17H23FN4O2. The molecule has 0 bridgehead atoms. The van der Waals surface area contributed by atoms with E-state index in [1.807, 2.05) is 13.0 Å². The molecule has 1 saturated heterocycles. The topological polar surface area (TPSA) is 78.7 Å². The lowest BCUT2D eigenvalue weighted by atomic mass is 10.1. The fourth-order valence-corrected chi connectivity index (χ4v) is 2.35. The number of nitriles is 1. The predicted molar refractivity (Wildman–Crippen MR) is 89.1 cm³/mol. The first kappa shape index (κ1) is 18.2. The average Bonchev–Trinajstić information content (AvgIpc) is 3.11. The summed E-state index contributed by atoms with van der Waals surface area (Å²) in [5, 5.41) is 15.1. The molecule has 0 spiro atoms. The first-order valence-electron chi connectivity index (χ1n) is 7.97. The van der Waals surface area contributed by atoms with E-state index < -0.39 is 0 Å². The van der Waals surface area contributed by atoms with Crippen molar-refractivity contribution in [1.82, 2.24) is 10.6 Å². The molecule has 2 unspecified atom stereocenters. The van der Waals surface area contributed by atoms with E-state index in [1.165, 1.54) is 18.2 Å². The van der Waals surface area contributed by atoms with E-state index in [9.17, 15) is 4.39 Å². The summed E-state index contributed by atoms with van der Waals surface area (Å²) < 4.78 is 24.8. The summed E-state index contributed by atoms with van der Waals surface area (Å²) in [6.45, 7) is 4.16. The van der Waals surface area contributed by atoms with E-state index >= 15 is 0 Å². The molecule has 6 nitrogen and oxygen atoms in total. The zero-order valence-corrected chi connectivity index (χ0v) is 14.0. The number of halogens is 1. The molecule has 2 atom stereocenters. The second kappa shape index (κ2) is 9.21. The van der Waals surface area contributed by atoms with E-state index in [2.05, 4.69) is 15.6 Å². The monoisotopic (exact) mass is 334 g/mol. The lowest BCUT2D eigenvalue weighted by molar-refractivity contribution is 0.0347. The molecule has 0 amide bonds. The summed E-state index contributed by atoms with van der Waals surface area (Å²) >= 11 is 0. The van der Waals surface area contributed by atoms with Gasteiger partial charge in [-0.15, -0.1) is 0 Å². The smallest absolute Gasteiger partial charge is 0.191 e. The van der Waals surface area contributed by atoms with Crippen molar-refractivity contribution in [2.45, 2.75) is 32.0 Å². The van der Waals surface area contributed by atoms with Gasteiger partial charge >= 0.3 is 0 Å². The number of aliphatic imine (C=N–C) groups is 1. The minimum Gasteiger partial charge on any atom is -0.379 e. The van der Waals surface area contributed by atoms with Gasteiger partial charge in [0, 0.05) is 31.8 Å². The fraction of sp³-hybridized carbons (Fsp3) is 0.529. The lowest BCUT2D eigenvalue weighted by Gasteiger charge is -2.19. The molecule has 0 saturated carbocycles. The van der Waals surface area contributed by atoms with Crippen molar-refractivity contribution >= 4 is 5.96 Å². The van der Waals surface area contributed by atoms with Crippen LogP contribution in [0.25, 0.3) is 0 Å². The number of nitrogens with one attached hydrogen (secondary N) is 2. The van der Waals surface area contributed by atoms with Crippen molar-refractivity contribution in [2.75, 3.05) is 26.9 Å². The van der Waals surface area contributed by atoms with Crippen LogP contribution in [0.5, 0.6) is 0 Å². The largest absolute Gasteiger partial charge is 0.379 e. The SMILES string of the molecule is CN=C(NCc1cc(C#N)ccc1F)NC(C)COC1CCOC1. The van der Waals surface area contributed by atoms with Gasteiger partial charge in [0.2, 0.25) is 0 Å². The highest BCUT2D eigenvalue weighted by Gasteiger charge is 2.17. The molecule has 0 aromatic heterocycles. The molecule has 1 fully saturated rings. The Balaban J connectivity index is 1.80. The Labute approximate surface area is 141 Å². The van der Waals surface area contributed by atoms with Crippen molar-refractivity contribution in [2.24, 2.45) is 4.99 Å². The summed E-state index contributed by atoms with van der Waals surface area (Å²) in [7, 11) is 1.65. The molecule has 2 N–H and O–H groups in total. The van der Waals surface area contributed by atoms with E-state index in [-0.39, 0.29) is 24.5 Å². The number of nitrogens with zero attached hydrogens (tertiary/aromatic N) is 2. The van der Waals surface area contributed by atoms with Crippen LogP contribution in [-0.2, 0) is 16.0 Å². The molecule has 1 aliphatic rings. The maximum Gasteiger partial charge on any atom is 0.191 e. The zero-order chi connectivity index (χ0) is 17.4. The van der Waals surface area contributed by atoms with Gasteiger partial charge in [0.15, 0.2) is 5.96 Å². The molecule has 1 heterocycles. The first-order chi connectivity index (χ1) is 11.6. The van der Waals surface area contributed by atoms with E-state index in [1.54, 1.807) is 7.05 Å². The Bertz CT molecular complexity index is 609. The standard InChI is InChI=1S/C17H23FN4O2/c1-12(10-24-15-5-6-23-11-15)22-17(20-2)21-9-14-7-13(8-19)3-4-16(14)18/h3-4,7,12,15H,5-6,9-11H2,1-2H3,(H2,20,21,22). The van der Waals surface area contributed by atoms with Gasteiger partial charge in [0.05, 0.1) is 31.0 Å². The van der Waals surface area contributed by atoms with Crippen LogP contribution >= 0.6 is 0 Å². The number of hydrogen-bond acceptors (Lipinski definition) is 4. The van der Waals surface area contributed by atoms with Gasteiger partial charge in [-0.1, -0.05) is 0 Å². The maximum absolute atomic E-state index is 13.8. The normalized spacial score (nSPS) is 18.9. The van der Waals surface area contributed by atoms with E-state index in [0.29, 0.717) is 30.3 Å². The number of rotatable bonds is 6. The van der Waals surface area contributed by atoms with Gasteiger partial charge in [0.1, 0.15) is 5.82 Å². The molecule has 2 rings (SSSR count). The Morgan fingerprint density at radius 2 is 2.42 bits per heavy atom. The van der Waals surface area contributed by atoms with Gasteiger partial charge in [-0.05, 0) is 31.5 Å². The Morgan fingerprint density at radius 3 is 3.08 bits per heavy atom. The molecule has 1 aliphatic heterocycles. The van der Waals surface area contributed by atoms with Crippen molar-refractivity contribution in [3.05, 3.63) is 35.1 Å². The van der Waals surface area contributed by atoms with Gasteiger partial charge in [0.25, 0.3) is 0 Å². The minimum absolute atomic E-state index is 0.0482. The van der Waals surface area contributed by atoms with Gasteiger partial charge in [-0.25, -0.2) is 4.39 Å². The number of guanidine groups is 1. The van der Waals surface area contributed by atoms with Crippen LogP contribution in [0.3, 0.4) is 0 Å². The highest BCUT2D eigenvalue weighted by molar-refractivity contribution is 5.79. The van der Waals surface area contributed by atoms with E-state index in [0.717, 1.165) is 13.0 Å². The lowest BCUT2D eigenvalue weighted by Crippen LogP contribution is -2.44. The molecule has 1 aromatic carbocycles. The second-order valence-corrected chi connectivity index (χ2v) is 5.71. The number of ether oxygens (including phenoxy) is 2. The highest BCUT2D eigenvalue weighted by Crippen LogP contribution is 2.10. The zero-order valence-electron chi connectivity index (χ0n) is 14.0. The molecule has 24 heavy (non-hydrogen) atoms. The van der Waals surface area contributed by atoms with Crippen molar-refractivity contribution in [3.8, 4) is 6.07 Å². The van der Waals surface area contributed by atoms with Gasteiger partial charge < -0.3 is 20.1 Å². The Kier molecular flexibility index (Phi) is 6.97. The summed E-state index contributed by atoms with van der Waals surface area (Å²) in [6, 6.07) is 6.34. The summed E-state index contributed by atoms with van der Waals surface area (Å²) in [6.07, 6.45) is 1.08. The molecule has 0 aliphatic carbocycles. The third kappa shape index (κ3) is 5.48. The van der Waals surface area contributed by atoms with Crippen LogP contribution in [0.2, 0.25) is 0 Å². The van der Waals surface area contributed by atoms with Crippen molar-refractivity contribution < 1.29 is 13.9 Å². The van der Waals surface area contributed by atoms with Crippen LogP contribution in [0.4, 0.5) is 4.39 Å². The second-order valence-electron chi connectivity index (χ2n) is 5.71. The van der Waals surface area contributed by atoms with Crippen LogP contribution in [0.15, 0.2) is 23.2 Å². The third-order valence-corrected chi connectivity index (χ3v) is 3.70. The number of hydrogen-bond donors (Lipinski definition) is 2. The fourth-order valence-electron chi connectivity index (χ4n) is 2.35. The van der Waals surface area contributed by atoms with E-state index in [4.69, 9.17) is 14.7 Å². The van der Waals surface area contributed by atoms with Crippen LogP contribution in [0.1, 0.15) is 24.5 Å². The quantitative estimate of drug-likeness (QED) is 0.610. The highest BCUT2D eigenvalue weighted by atomic mass is 19.1. The molecule has 1 aromatic rings.